The highest BCUT2D eigenvalue weighted by Gasteiger charge is 2.30. The predicted octanol–water partition coefficient (Wildman–Crippen LogP) is 2.33. The number of carbonyl (C=O) groups excluding carboxylic acids is 1. The van der Waals surface area contributed by atoms with Crippen molar-refractivity contribution in [2.45, 2.75) is 11.8 Å². The third-order valence-electron chi connectivity index (χ3n) is 5.03. The van der Waals surface area contributed by atoms with Crippen LogP contribution in [0.4, 0.5) is 0 Å². The zero-order valence-electron chi connectivity index (χ0n) is 16.1. The van der Waals surface area contributed by atoms with E-state index in [1.54, 1.807) is 46.2 Å². The van der Waals surface area contributed by atoms with Gasteiger partial charge in [-0.3, -0.25) is 4.79 Å². The number of hydrogen-bond donors (Lipinski definition) is 0. The molecule has 1 aromatic heterocycles. The highest BCUT2D eigenvalue weighted by Crippen LogP contribution is 2.19. The van der Waals surface area contributed by atoms with Crippen LogP contribution in [-0.2, 0) is 10.0 Å². The lowest BCUT2D eigenvalue weighted by molar-refractivity contribution is 0.0698. The number of para-hydroxylation sites is 1. The van der Waals surface area contributed by atoms with Crippen molar-refractivity contribution in [3.8, 4) is 5.69 Å². The monoisotopic (exact) mass is 410 g/mol. The Balaban J connectivity index is 1.42. The minimum absolute atomic E-state index is 0.139. The molecule has 1 aliphatic rings. The second kappa shape index (κ2) is 7.81. The number of aryl methyl sites for hydroxylation is 1. The molecule has 4 rings (SSSR count). The zero-order chi connectivity index (χ0) is 20.4. The largest absolute Gasteiger partial charge is 0.336 e. The molecule has 0 atom stereocenters. The van der Waals surface area contributed by atoms with Crippen molar-refractivity contribution in [2.24, 2.45) is 0 Å². The van der Waals surface area contributed by atoms with E-state index >= 15 is 0 Å². The lowest BCUT2D eigenvalue weighted by Gasteiger charge is -2.33. The number of hydrogen-bond acceptors (Lipinski definition) is 4. The average molecular weight is 410 g/mol. The summed E-state index contributed by atoms with van der Waals surface area (Å²) in [6, 6.07) is 16.4. The maximum absolute atomic E-state index is 12.8. The quantitative estimate of drug-likeness (QED) is 0.662. The Bertz CT molecular complexity index is 1100. The fourth-order valence-corrected chi connectivity index (χ4v) is 4.75. The molecule has 29 heavy (non-hydrogen) atoms. The molecule has 0 aliphatic carbocycles. The van der Waals surface area contributed by atoms with Gasteiger partial charge in [0.15, 0.2) is 0 Å². The minimum atomic E-state index is -3.55. The molecule has 0 saturated carbocycles. The van der Waals surface area contributed by atoms with Crippen molar-refractivity contribution in [1.29, 1.82) is 0 Å². The van der Waals surface area contributed by atoms with E-state index in [1.165, 1.54) is 4.31 Å². The van der Waals surface area contributed by atoms with Crippen LogP contribution in [0.5, 0.6) is 0 Å². The van der Waals surface area contributed by atoms with Gasteiger partial charge in [-0.2, -0.15) is 9.40 Å². The Kier molecular flexibility index (Phi) is 5.21. The minimum Gasteiger partial charge on any atom is -0.336 e. The molecule has 3 aromatic rings. The molecule has 1 saturated heterocycles. The van der Waals surface area contributed by atoms with Crippen LogP contribution >= 0.6 is 0 Å². The number of sulfonamides is 1. The number of aromatic nitrogens is 2. The van der Waals surface area contributed by atoms with Crippen LogP contribution in [0.2, 0.25) is 0 Å². The molecule has 0 N–H and O–H groups in total. The first-order valence-corrected chi connectivity index (χ1v) is 10.9. The van der Waals surface area contributed by atoms with E-state index in [9.17, 15) is 13.2 Å². The van der Waals surface area contributed by atoms with Crippen LogP contribution in [0, 0.1) is 6.92 Å². The topological polar surface area (TPSA) is 75.5 Å². The molecular weight excluding hydrogens is 388 g/mol. The molecule has 0 spiro atoms. The molecule has 2 heterocycles. The lowest BCUT2D eigenvalue weighted by atomic mass is 10.2. The molecule has 1 fully saturated rings. The van der Waals surface area contributed by atoms with Gasteiger partial charge in [-0.1, -0.05) is 35.9 Å². The molecular formula is C21H22N4O3S. The van der Waals surface area contributed by atoms with E-state index in [1.807, 2.05) is 37.3 Å². The van der Waals surface area contributed by atoms with E-state index in [0.717, 1.165) is 11.3 Å². The Morgan fingerprint density at radius 2 is 1.59 bits per heavy atom. The van der Waals surface area contributed by atoms with E-state index in [4.69, 9.17) is 0 Å². The molecule has 7 nitrogen and oxygen atoms in total. The first-order chi connectivity index (χ1) is 13.9. The number of piperazine rings is 1. The Morgan fingerprint density at radius 1 is 0.931 bits per heavy atom. The van der Waals surface area contributed by atoms with Crippen LogP contribution in [-0.4, -0.2) is 59.5 Å². The van der Waals surface area contributed by atoms with Crippen LogP contribution in [0.25, 0.3) is 5.69 Å². The van der Waals surface area contributed by atoms with E-state index in [-0.39, 0.29) is 23.9 Å². The summed E-state index contributed by atoms with van der Waals surface area (Å²) in [5.74, 6) is -0.139. The summed E-state index contributed by atoms with van der Waals surface area (Å²) >= 11 is 0. The van der Waals surface area contributed by atoms with Crippen LogP contribution in [0.3, 0.4) is 0 Å². The van der Waals surface area contributed by atoms with E-state index in [2.05, 4.69) is 5.10 Å². The van der Waals surface area contributed by atoms with Gasteiger partial charge in [-0.25, -0.2) is 13.1 Å². The van der Waals surface area contributed by atoms with Gasteiger partial charge in [-0.15, -0.1) is 0 Å². The average Bonchev–Trinajstić information content (AvgIpc) is 3.24. The van der Waals surface area contributed by atoms with Crippen LogP contribution < -0.4 is 0 Å². The molecule has 0 radical (unpaired) electrons. The molecule has 0 bridgehead atoms. The predicted molar refractivity (Wildman–Crippen MR) is 109 cm³/mol. The molecule has 1 amide bonds. The fourth-order valence-electron chi connectivity index (χ4n) is 3.33. The summed E-state index contributed by atoms with van der Waals surface area (Å²) in [5, 5.41) is 4.27. The zero-order valence-corrected chi connectivity index (χ0v) is 16.9. The number of rotatable bonds is 4. The second-order valence-electron chi connectivity index (χ2n) is 7.02. The van der Waals surface area contributed by atoms with Gasteiger partial charge in [0.2, 0.25) is 10.0 Å². The molecule has 8 heteroatoms. The number of amides is 1. The Hall–Kier alpha value is -2.97. The van der Waals surface area contributed by atoms with E-state index in [0.29, 0.717) is 18.7 Å². The van der Waals surface area contributed by atoms with Gasteiger partial charge >= 0.3 is 0 Å². The third kappa shape index (κ3) is 3.94. The molecule has 2 aromatic carbocycles. The van der Waals surface area contributed by atoms with Crippen molar-refractivity contribution in [2.75, 3.05) is 26.2 Å². The van der Waals surface area contributed by atoms with Gasteiger partial charge in [0, 0.05) is 32.4 Å². The summed E-state index contributed by atoms with van der Waals surface area (Å²) in [7, 11) is -3.55. The van der Waals surface area contributed by atoms with Crippen LogP contribution in [0.1, 0.15) is 15.9 Å². The van der Waals surface area contributed by atoms with Crippen molar-refractivity contribution in [3.63, 3.8) is 0 Å². The van der Waals surface area contributed by atoms with E-state index < -0.39 is 10.0 Å². The highest BCUT2D eigenvalue weighted by atomic mass is 32.2. The lowest BCUT2D eigenvalue weighted by Crippen LogP contribution is -2.50. The maximum atomic E-state index is 12.8. The number of benzene rings is 2. The van der Waals surface area contributed by atoms with Crippen molar-refractivity contribution in [3.05, 3.63) is 78.1 Å². The molecule has 1 aliphatic heterocycles. The van der Waals surface area contributed by atoms with Gasteiger partial charge in [-0.05, 0) is 31.2 Å². The van der Waals surface area contributed by atoms with Crippen LogP contribution in [0.15, 0.2) is 71.9 Å². The Morgan fingerprint density at radius 3 is 2.24 bits per heavy atom. The van der Waals surface area contributed by atoms with Gasteiger partial charge in [0.1, 0.15) is 0 Å². The summed E-state index contributed by atoms with van der Waals surface area (Å²) < 4.78 is 28.7. The standard InChI is InChI=1S/C21H22N4O3S/c1-17-7-9-20(10-8-17)29(27,28)24-13-11-23(12-14-24)21(26)18-15-22-25(16-18)19-5-3-2-4-6-19/h2-10,15-16H,11-14H2,1H3. The van der Waals surface area contributed by atoms with Gasteiger partial charge in [0.05, 0.1) is 22.3 Å². The molecule has 0 unspecified atom stereocenters. The highest BCUT2D eigenvalue weighted by molar-refractivity contribution is 7.89. The maximum Gasteiger partial charge on any atom is 0.257 e. The normalized spacial score (nSPS) is 15.4. The number of nitrogens with zero attached hydrogens (tertiary/aromatic N) is 4. The van der Waals surface area contributed by atoms with Crippen molar-refractivity contribution < 1.29 is 13.2 Å². The van der Waals surface area contributed by atoms with Crippen molar-refractivity contribution >= 4 is 15.9 Å². The summed E-state index contributed by atoms with van der Waals surface area (Å²) in [4.78, 5) is 14.8. The van der Waals surface area contributed by atoms with Gasteiger partial charge < -0.3 is 4.90 Å². The summed E-state index contributed by atoms with van der Waals surface area (Å²) in [6.07, 6.45) is 3.25. The summed E-state index contributed by atoms with van der Waals surface area (Å²) in [6.45, 7) is 3.16. The summed E-state index contributed by atoms with van der Waals surface area (Å²) in [5.41, 5.74) is 2.37. The fraction of sp³-hybridized carbons (Fsp3) is 0.238. The SMILES string of the molecule is Cc1ccc(S(=O)(=O)N2CCN(C(=O)c3cnn(-c4ccccc4)c3)CC2)cc1. The molecule has 150 valence electrons. The third-order valence-corrected chi connectivity index (χ3v) is 6.95. The Labute approximate surface area is 170 Å². The first-order valence-electron chi connectivity index (χ1n) is 9.41. The smallest absolute Gasteiger partial charge is 0.257 e. The first kappa shape index (κ1) is 19.4. The van der Waals surface area contributed by atoms with Gasteiger partial charge in [0.25, 0.3) is 5.91 Å². The van der Waals surface area contributed by atoms with Crippen molar-refractivity contribution in [1.82, 2.24) is 19.0 Å². The second-order valence-corrected chi connectivity index (χ2v) is 8.96. The number of carbonyl (C=O) groups is 1.